The summed E-state index contributed by atoms with van der Waals surface area (Å²) >= 11 is 11.7. The molecule has 1 aromatic rings. The first-order valence-electron chi connectivity index (χ1n) is 4.17. The van der Waals surface area contributed by atoms with E-state index in [4.69, 9.17) is 33.4 Å². The molecule has 1 atom stereocenters. The molecule has 2 N–H and O–H groups in total. The predicted molar refractivity (Wildman–Crippen MR) is 60.0 cm³/mol. The fourth-order valence-corrected chi connectivity index (χ4v) is 1.42. The van der Waals surface area contributed by atoms with Gasteiger partial charge in [-0.2, -0.15) is 0 Å². The zero-order chi connectivity index (χ0) is 11.1. The first kappa shape index (κ1) is 13.7. The number of aliphatic hydroxyl groups is 2. The van der Waals surface area contributed by atoms with Crippen LogP contribution in [0, 0.1) is 0 Å². The van der Waals surface area contributed by atoms with Gasteiger partial charge in [-0.05, 0) is 25.0 Å². The van der Waals surface area contributed by atoms with Crippen LogP contribution in [0.2, 0.25) is 10.0 Å². The van der Waals surface area contributed by atoms with Gasteiger partial charge in [0, 0.05) is 7.11 Å². The molecule has 0 aliphatic carbocycles. The van der Waals surface area contributed by atoms with Gasteiger partial charge in [-0.25, -0.2) is 0 Å². The van der Waals surface area contributed by atoms with Crippen LogP contribution in [-0.2, 0) is 6.42 Å². The SMILES string of the molecule is CC(O)Cc1cccc(Cl)c1Cl.CO. The van der Waals surface area contributed by atoms with E-state index in [0.29, 0.717) is 16.5 Å². The lowest BCUT2D eigenvalue weighted by molar-refractivity contribution is 0.195. The van der Waals surface area contributed by atoms with Gasteiger partial charge >= 0.3 is 0 Å². The van der Waals surface area contributed by atoms with Crippen molar-refractivity contribution in [3.8, 4) is 0 Å². The molecule has 0 aliphatic heterocycles. The largest absolute Gasteiger partial charge is 0.400 e. The molecule has 2 nitrogen and oxygen atoms in total. The molecule has 1 rings (SSSR count). The Morgan fingerprint density at radius 1 is 1.29 bits per heavy atom. The van der Waals surface area contributed by atoms with E-state index in [2.05, 4.69) is 0 Å². The maximum atomic E-state index is 9.12. The molecule has 0 aromatic heterocycles. The molecular formula is C10H14Cl2O2. The lowest BCUT2D eigenvalue weighted by atomic mass is 10.1. The number of hydrogen-bond donors (Lipinski definition) is 2. The topological polar surface area (TPSA) is 40.5 Å². The fraction of sp³-hybridized carbons (Fsp3) is 0.400. The third-order valence-corrected chi connectivity index (χ3v) is 2.40. The van der Waals surface area contributed by atoms with Crippen LogP contribution in [0.4, 0.5) is 0 Å². The molecule has 0 radical (unpaired) electrons. The molecule has 4 heteroatoms. The number of hydrogen-bond acceptors (Lipinski definition) is 2. The fourth-order valence-electron chi connectivity index (χ4n) is 1.02. The zero-order valence-corrected chi connectivity index (χ0v) is 9.68. The molecule has 0 bridgehead atoms. The summed E-state index contributed by atoms with van der Waals surface area (Å²) in [7, 11) is 1.00. The molecule has 80 valence electrons. The standard InChI is InChI=1S/C9H10Cl2O.CH4O/c1-6(12)5-7-3-2-4-8(10)9(7)11;1-2/h2-4,6,12H,5H2,1H3;2H,1H3. The van der Waals surface area contributed by atoms with E-state index in [-0.39, 0.29) is 6.10 Å². The first-order valence-corrected chi connectivity index (χ1v) is 4.92. The van der Waals surface area contributed by atoms with Gasteiger partial charge in [0.25, 0.3) is 0 Å². The van der Waals surface area contributed by atoms with Crippen molar-refractivity contribution in [3.63, 3.8) is 0 Å². The van der Waals surface area contributed by atoms with Crippen LogP contribution in [0.15, 0.2) is 18.2 Å². The second-order valence-corrected chi connectivity index (χ2v) is 3.55. The van der Waals surface area contributed by atoms with Gasteiger partial charge in [0.1, 0.15) is 0 Å². The lowest BCUT2D eigenvalue weighted by Gasteiger charge is -2.06. The van der Waals surface area contributed by atoms with Crippen molar-refractivity contribution in [3.05, 3.63) is 33.8 Å². The smallest absolute Gasteiger partial charge is 0.0625 e. The number of benzene rings is 1. The molecule has 1 unspecified atom stereocenters. The first-order chi connectivity index (χ1) is 6.61. The maximum absolute atomic E-state index is 9.12. The minimum atomic E-state index is -0.388. The van der Waals surface area contributed by atoms with Crippen LogP contribution in [0.1, 0.15) is 12.5 Å². The van der Waals surface area contributed by atoms with Crippen molar-refractivity contribution in [2.75, 3.05) is 7.11 Å². The van der Waals surface area contributed by atoms with Gasteiger partial charge in [-0.15, -0.1) is 0 Å². The van der Waals surface area contributed by atoms with Crippen molar-refractivity contribution < 1.29 is 10.2 Å². The molecule has 0 fully saturated rings. The van der Waals surface area contributed by atoms with E-state index in [1.165, 1.54) is 0 Å². The van der Waals surface area contributed by atoms with Crippen LogP contribution in [0.5, 0.6) is 0 Å². The Hall–Kier alpha value is -0.280. The molecule has 1 aromatic carbocycles. The van der Waals surface area contributed by atoms with Crippen molar-refractivity contribution in [2.24, 2.45) is 0 Å². The normalized spacial score (nSPS) is 11.6. The Labute approximate surface area is 94.1 Å². The minimum absolute atomic E-state index is 0.388. The van der Waals surface area contributed by atoms with Crippen molar-refractivity contribution in [2.45, 2.75) is 19.4 Å². The van der Waals surface area contributed by atoms with E-state index < -0.39 is 0 Å². The highest BCUT2D eigenvalue weighted by molar-refractivity contribution is 6.42. The zero-order valence-electron chi connectivity index (χ0n) is 8.17. The van der Waals surface area contributed by atoms with E-state index in [0.717, 1.165) is 12.7 Å². The van der Waals surface area contributed by atoms with Gasteiger partial charge in [-0.3, -0.25) is 0 Å². The number of aliphatic hydroxyl groups excluding tert-OH is 2. The molecular weight excluding hydrogens is 223 g/mol. The van der Waals surface area contributed by atoms with Crippen LogP contribution in [0.3, 0.4) is 0 Å². The summed E-state index contributed by atoms with van der Waals surface area (Å²) in [6, 6.07) is 5.42. The molecule has 0 saturated carbocycles. The average molecular weight is 237 g/mol. The maximum Gasteiger partial charge on any atom is 0.0625 e. The van der Waals surface area contributed by atoms with Crippen LogP contribution in [0.25, 0.3) is 0 Å². The van der Waals surface area contributed by atoms with E-state index in [1.807, 2.05) is 12.1 Å². The van der Waals surface area contributed by atoms with E-state index in [1.54, 1.807) is 13.0 Å². The highest BCUT2D eigenvalue weighted by Gasteiger charge is 2.06. The molecule has 14 heavy (non-hydrogen) atoms. The Bertz CT molecular complexity index is 275. The summed E-state index contributed by atoms with van der Waals surface area (Å²) in [6.45, 7) is 1.72. The summed E-state index contributed by atoms with van der Waals surface area (Å²) in [5, 5.41) is 17.2. The molecule has 0 aliphatic rings. The summed E-state index contributed by atoms with van der Waals surface area (Å²) in [6.07, 6.45) is 0.153. The van der Waals surface area contributed by atoms with Gasteiger partial charge in [-0.1, -0.05) is 35.3 Å². The van der Waals surface area contributed by atoms with E-state index >= 15 is 0 Å². The highest BCUT2D eigenvalue weighted by atomic mass is 35.5. The van der Waals surface area contributed by atoms with Crippen molar-refractivity contribution in [1.29, 1.82) is 0 Å². The van der Waals surface area contributed by atoms with Gasteiger partial charge in [0.15, 0.2) is 0 Å². The summed E-state index contributed by atoms with van der Waals surface area (Å²) in [4.78, 5) is 0. The average Bonchev–Trinajstić information content (AvgIpc) is 2.16. The van der Waals surface area contributed by atoms with Crippen LogP contribution >= 0.6 is 23.2 Å². The summed E-state index contributed by atoms with van der Waals surface area (Å²) in [5.74, 6) is 0. The highest BCUT2D eigenvalue weighted by Crippen LogP contribution is 2.26. The number of halogens is 2. The lowest BCUT2D eigenvalue weighted by Crippen LogP contribution is -2.04. The van der Waals surface area contributed by atoms with E-state index in [9.17, 15) is 0 Å². The Balaban J connectivity index is 0.000000791. The monoisotopic (exact) mass is 236 g/mol. The van der Waals surface area contributed by atoms with Crippen molar-refractivity contribution in [1.82, 2.24) is 0 Å². The molecule has 0 heterocycles. The van der Waals surface area contributed by atoms with Crippen LogP contribution in [-0.4, -0.2) is 23.4 Å². The van der Waals surface area contributed by atoms with Gasteiger partial charge < -0.3 is 10.2 Å². The van der Waals surface area contributed by atoms with Crippen LogP contribution < -0.4 is 0 Å². The molecule has 0 amide bonds. The Morgan fingerprint density at radius 3 is 2.36 bits per heavy atom. The summed E-state index contributed by atoms with van der Waals surface area (Å²) in [5.41, 5.74) is 0.888. The quantitative estimate of drug-likeness (QED) is 0.829. The Morgan fingerprint density at radius 2 is 1.86 bits per heavy atom. The predicted octanol–water partition coefficient (Wildman–Crippen LogP) is 2.53. The minimum Gasteiger partial charge on any atom is -0.400 e. The van der Waals surface area contributed by atoms with Crippen molar-refractivity contribution >= 4 is 23.2 Å². The van der Waals surface area contributed by atoms with Gasteiger partial charge in [0.05, 0.1) is 16.1 Å². The van der Waals surface area contributed by atoms with Gasteiger partial charge in [0.2, 0.25) is 0 Å². The summed E-state index contributed by atoms with van der Waals surface area (Å²) < 4.78 is 0. The Kier molecular flexibility index (Phi) is 6.93. The molecule has 0 spiro atoms. The second kappa shape index (κ2) is 7.07. The number of rotatable bonds is 2. The molecule has 0 saturated heterocycles. The third-order valence-electron chi connectivity index (χ3n) is 1.55. The third kappa shape index (κ3) is 4.29. The second-order valence-electron chi connectivity index (χ2n) is 2.77.